The monoisotopic (exact) mass is 146 g/mol. The number of rotatable bonds is 2. The first-order valence-corrected chi connectivity index (χ1v) is 3.65. The zero-order valence-corrected chi connectivity index (χ0v) is 6.83. The third kappa shape index (κ3) is 2.62. The summed E-state index contributed by atoms with van der Waals surface area (Å²) in [6.45, 7) is 4.15. The van der Waals surface area contributed by atoms with Crippen molar-refractivity contribution in [2.24, 2.45) is 0 Å². The highest BCUT2D eigenvalue weighted by atomic mass is 14.9. The minimum Gasteiger partial charge on any atom is -0.382 e. The molecule has 0 atom stereocenters. The Bertz CT molecular complexity index is 235. The summed E-state index contributed by atoms with van der Waals surface area (Å²) in [6, 6.07) is 2.28. The maximum atomic E-state index is 5.53. The van der Waals surface area contributed by atoms with Crippen LogP contribution < -0.4 is 10.8 Å². The molecule has 0 aromatic carbocycles. The maximum Gasteiger partial charge on any atom is 0.116 e. The highest BCUT2D eigenvalue weighted by Gasteiger charge is 1.94. The Morgan fingerprint density at radius 2 is 2.18 bits per heavy atom. The lowest BCUT2D eigenvalue weighted by molar-refractivity contribution is 0.898. The summed E-state index contributed by atoms with van der Waals surface area (Å²) in [4.78, 5) is 3.95. The Balaban J connectivity index is 2.71. The van der Waals surface area contributed by atoms with Crippen LogP contribution in [-0.2, 0) is 0 Å². The van der Waals surface area contributed by atoms with Crippen LogP contribution in [0.2, 0.25) is 0 Å². The number of nitrogens with zero attached hydrogens (tertiary/aromatic N) is 1. The topological polar surface area (TPSA) is 24.9 Å². The van der Waals surface area contributed by atoms with Crippen molar-refractivity contribution in [3.8, 4) is 0 Å². The van der Waals surface area contributed by atoms with Gasteiger partial charge in [-0.1, -0.05) is 5.46 Å². The molecule has 1 rings (SSSR count). The third-order valence-corrected chi connectivity index (χ3v) is 1.21. The van der Waals surface area contributed by atoms with Gasteiger partial charge in [0.25, 0.3) is 0 Å². The summed E-state index contributed by atoms with van der Waals surface area (Å²) >= 11 is 0. The van der Waals surface area contributed by atoms with Crippen LogP contribution >= 0.6 is 0 Å². The van der Waals surface area contributed by atoms with Crippen LogP contribution in [0.3, 0.4) is 0 Å². The van der Waals surface area contributed by atoms with Gasteiger partial charge in [-0.2, -0.15) is 0 Å². The molecule has 0 saturated heterocycles. The number of pyridine rings is 1. The molecule has 1 heterocycles. The van der Waals surface area contributed by atoms with E-state index in [4.69, 9.17) is 7.85 Å². The average molecular weight is 146 g/mol. The van der Waals surface area contributed by atoms with Gasteiger partial charge in [0, 0.05) is 18.4 Å². The summed E-state index contributed by atoms with van der Waals surface area (Å²) in [5, 5.41) is 3.20. The van der Waals surface area contributed by atoms with E-state index in [2.05, 4.69) is 24.1 Å². The highest BCUT2D eigenvalue weighted by Crippen LogP contribution is 2.02. The Kier molecular flexibility index (Phi) is 2.52. The number of anilines is 1. The summed E-state index contributed by atoms with van der Waals surface area (Å²) in [5.41, 5.74) is 1.66. The molecule has 56 valence electrons. The molecule has 11 heavy (non-hydrogen) atoms. The number of hydrogen-bond acceptors (Lipinski definition) is 2. The van der Waals surface area contributed by atoms with Gasteiger partial charge in [-0.05, 0) is 19.9 Å². The van der Waals surface area contributed by atoms with Crippen molar-refractivity contribution >= 4 is 19.0 Å². The smallest absolute Gasteiger partial charge is 0.116 e. The first kappa shape index (κ1) is 8.11. The number of hydrogen-bond donors (Lipinski definition) is 1. The van der Waals surface area contributed by atoms with Crippen LogP contribution in [-0.4, -0.2) is 18.9 Å². The predicted molar refractivity (Wildman–Crippen MR) is 48.4 cm³/mol. The van der Waals surface area contributed by atoms with Gasteiger partial charge in [0.15, 0.2) is 0 Å². The standard InChI is InChI=1S/C8H11BN2/c1-6(2)11-8-3-7(9)4-10-5-8/h3-6,11H,1-2H3. The van der Waals surface area contributed by atoms with Gasteiger partial charge in [-0.15, -0.1) is 0 Å². The van der Waals surface area contributed by atoms with Crippen molar-refractivity contribution < 1.29 is 0 Å². The molecule has 0 amide bonds. The van der Waals surface area contributed by atoms with Crippen LogP contribution in [0, 0.1) is 0 Å². The zero-order valence-electron chi connectivity index (χ0n) is 6.83. The molecule has 1 aromatic rings. The second kappa shape index (κ2) is 3.42. The van der Waals surface area contributed by atoms with Gasteiger partial charge >= 0.3 is 0 Å². The Morgan fingerprint density at radius 1 is 1.45 bits per heavy atom. The van der Waals surface area contributed by atoms with Gasteiger partial charge in [0.05, 0.1) is 5.69 Å². The molecule has 0 spiro atoms. The number of aromatic nitrogens is 1. The van der Waals surface area contributed by atoms with Crippen molar-refractivity contribution in [3.63, 3.8) is 0 Å². The van der Waals surface area contributed by atoms with Crippen LogP contribution in [0.1, 0.15) is 13.8 Å². The van der Waals surface area contributed by atoms with E-state index in [0.29, 0.717) is 11.5 Å². The predicted octanol–water partition coefficient (Wildman–Crippen LogP) is 0.696. The minimum absolute atomic E-state index is 0.415. The summed E-state index contributed by atoms with van der Waals surface area (Å²) in [7, 11) is 5.53. The first-order chi connectivity index (χ1) is 5.18. The molecule has 0 aliphatic heterocycles. The van der Waals surface area contributed by atoms with E-state index >= 15 is 0 Å². The summed E-state index contributed by atoms with van der Waals surface area (Å²) in [6.07, 6.45) is 3.39. The van der Waals surface area contributed by atoms with E-state index < -0.39 is 0 Å². The fourth-order valence-electron chi connectivity index (χ4n) is 0.870. The van der Waals surface area contributed by atoms with E-state index in [1.807, 2.05) is 6.07 Å². The van der Waals surface area contributed by atoms with E-state index in [-0.39, 0.29) is 0 Å². The Hall–Kier alpha value is -0.985. The fraction of sp³-hybridized carbons (Fsp3) is 0.375. The van der Waals surface area contributed by atoms with Crippen molar-refractivity contribution in [1.29, 1.82) is 0 Å². The van der Waals surface area contributed by atoms with Gasteiger partial charge in [0.2, 0.25) is 0 Å². The van der Waals surface area contributed by atoms with E-state index in [1.54, 1.807) is 12.4 Å². The van der Waals surface area contributed by atoms with Crippen LogP contribution in [0.5, 0.6) is 0 Å². The largest absolute Gasteiger partial charge is 0.382 e. The second-order valence-corrected chi connectivity index (χ2v) is 2.81. The molecule has 2 radical (unpaired) electrons. The van der Waals surface area contributed by atoms with Gasteiger partial charge in [-0.25, -0.2) is 0 Å². The molecular formula is C8H11BN2. The third-order valence-electron chi connectivity index (χ3n) is 1.21. The molecule has 2 nitrogen and oxygen atoms in total. The highest BCUT2D eigenvalue weighted by molar-refractivity contribution is 6.32. The quantitative estimate of drug-likeness (QED) is 0.621. The van der Waals surface area contributed by atoms with Gasteiger partial charge in [-0.3, -0.25) is 4.98 Å². The van der Waals surface area contributed by atoms with Crippen molar-refractivity contribution in [2.45, 2.75) is 19.9 Å². The SMILES string of the molecule is [B]c1cncc(NC(C)C)c1. The lowest BCUT2D eigenvalue weighted by atomic mass is 9.99. The first-order valence-electron chi connectivity index (χ1n) is 3.65. The molecule has 0 bridgehead atoms. The van der Waals surface area contributed by atoms with Crippen molar-refractivity contribution in [1.82, 2.24) is 4.98 Å². The minimum atomic E-state index is 0.415. The van der Waals surface area contributed by atoms with Crippen LogP contribution in [0.4, 0.5) is 5.69 Å². The lowest BCUT2D eigenvalue weighted by Gasteiger charge is -2.09. The van der Waals surface area contributed by atoms with E-state index in [9.17, 15) is 0 Å². The Labute approximate surface area is 68.4 Å². The van der Waals surface area contributed by atoms with E-state index in [0.717, 1.165) is 5.69 Å². The Morgan fingerprint density at radius 3 is 2.73 bits per heavy atom. The van der Waals surface area contributed by atoms with Gasteiger partial charge < -0.3 is 5.32 Å². The number of nitrogens with one attached hydrogen (secondary N) is 1. The normalized spacial score (nSPS) is 10.1. The molecule has 3 heteroatoms. The van der Waals surface area contributed by atoms with Gasteiger partial charge in [0.1, 0.15) is 7.85 Å². The lowest BCUT2D eigenvalue weighted by Crippen LogP contribution is -2.12. The zero-order chi connectivity index (χ0) is 8.27. The fourth-order valence-corrected chi connectivity index (χ4v) is 0.870. The van der Waals surface area contributed by atoms with Crippen molar-refractivity contribution in [3.05, 3.63) is 18.5 Å². The molecule has 1 aromatic heterocycles. The van der Waals surface area contributed by atoms with Crippen LogP contribution in [0.25, 0.3) is 0 Å². The molecule has 0 aliphatic carbocycles. The van der Waals surface area contributed by atoms with Crippen LogP contribution in [0.15, 0.2) is 18.5 Å². The molecular weight excluding hydrogens is 135 g/mol. The molecule has 0 fully saturated rings. The van der Waals surface area contributed by atoms with E-state index in [1.165, 1.54) is 0 Å². The summed E-state index contributed by atoms with van der Waals surface area (Å²) < 4.78 is 0. The average Bonchev–Trinajstić information content (AvgIpc) is 1.85. The molecule has 1 N–H and O–H groups in total. The molecule has 0 aliphatic rings. The summed E-state index contributed by atoms with van der Waals surface area (Å²) in [5.74, 6) is 0. The molecule has 0 unspecified atom stereocenters. The maximum absolute atomic E-state index is 5.53. The van der Waals surface area contributed by atoms with Crippen molar-refractivity contribution in [2.75, 3.05) is 5.32 Å². The molecule has 0 saturated carbocycles. The second-order valence-electron chi connectivity index (χ2n) is 2.81.